The Labute approximate surface area is 220 Å². The molecule has 0 saturated carbocycles. The predicted molar refractivity (Wildman–Crippen MR) is 133 cm³/mol. The number of aryl methyl sites for hydroxylation is 1. The van der Waals surface area contributed by atoms with Crippen LogP contribution in [0, 0.1) is 5.82 Å². The molecule has 9 nitrogen and oxygen atoms in total. The SMILES string of the molecule is CCCn1cc(OCC(F)(F)F)c(C(=O)Nc2ccc(Oc3ccnc4cc(OC)c(OC)cc34)cc2F)n1. The molecule has 0 aliphatic carbocycles. The summed E-state index contributed by atoms with van der Waals surface area (Å²) in [6, 6.07) is 8.68. The first-order chi connectivity index (χ1) is 18.6. The lowest BCUT2D eigenvalue weighted by Crippen LogP contribution is -2.21. The van der Waals surface area contributed by atoms with Crippen molar-refractivity contribution < 1.29 is 41.3 Å². The smallest absolute Gasteiger partial charge is 0.422 e. The number of alkyl halides is 3. The first-order valence-corrected chi connectivity index (χ1v) is 11.7. The van der Waals surface area contributed by atoms with E-state index in [1.54, 1.807) is 18.2 Å². The maximum Gasteiger partial charge on any atom is 0.422 e. The van der Waals surface area contributed by atoms with Gasteiger partial charge in [-0.15, -0.1) is 0 Å². The van der Waals surface area contributed by atoms with Gasteiger partial charge in [-0.05, 0) is 30.7 Å². The molecule has 0 bridgehead atoms. The van der Waals surface area contributed by atoms with Gasteiger partial charge < -0.3 is 24.3 Å². The van der Waals surface area contributed by atoms with Gasteiger partial charge in [0.1, 0.15) is 17.3 Å². The maximum atomic E-state index is 14.9. The van der Waals surface area contributed by atoms with E-state index in [2.05, 4.69) is 15.4 Å². The molecule has 2 heterocycles. The summed E-state index contributed by atoms with van der Waals surface area (Å²) in [5, 5.41) is 6.90. The molecule has 2 aromatic carbocycles. The highest BCUT2D eigenvalue weighted by Gasteiger charge is 2.30. The third-order valence-corrected chi connectivity index (χ3v) is 5.41. The number of carbonyl (C=O) groups excluding carboxylic acids is 1. The monoisotopic (exact) mass is 548 g/mol. The molecule has 1 N–H and O–H groups in total. The zero-order valence-electron chi connectivity index (χ0n) is 21.1. The number of ether oxygens (including phenoxy) is 4. The molecular formula is C26H24F4N4O5. The number of benzene rings is 2. The second-order valence-electron chi connectivity index (χ2n) is 8.24. The van der Waals surface area contributed by atoms with Gasteiger partial charge in [-0.2, -0.15) is 18.3 Å². The van der Waals surface area contributed by atoms with Crippen LogP contribution in [0.1, 0.15) is 23.8 Å². The molecule has 0 atom stereocenters. The van der Waals surface area contributed by atoms with E-state index in [0.717, 1.165) is 6.07 Å². The molecule has 0 radical (unpaired) electrons. The van der Waals surface area contributed by atoms with Crippen LogP contribution in [0.3, 0.4) is 0 Å². The number of halogens is 4. The Balaban J connectivity index is 1.55. The number of carbonyl (C=O) groups is 1. The fourth-order valence-corrected chi connectivity index (χ4v) is 3.67. The number of methoxy groups -OCH3 is 2. The Morgan fingerprint density at radius 1 is 1.03 bits per heavy atom. The van der Waals surface area contributed by atoms with Gasteiger partial charge in [0.05, 0.1) is 31.6 Å². The first-order valence-electron chi connectivity index (χ1n) is 11.7. The average Bonchev–Trinajstić information content (AvgIpc) is 3.31. The van der Waals surface area contributed by atoms with Crippen LogP contribution in [-0.4, -0.2) is 47.7 Å². The highest BCUT2D eigenvalue weighted by Crippen LogP contribution is 2.37. The van der Waals surface area contributed by atoms with Gasteiger partial charge in [-0.1, -0.05) is 6.92 Å². The highest BCUT2D eigenvalue weighted by molar-refractivity contribution is 6.04. The summed E-state index contributed by atoms with van der Waals surface area (Å²) >= 11 is 0. The quantitative estimate of drug-likeness (QED) is 0.244. The summed E-state index contributed by atoms with van der Waals surface area (Å²) in [6.07, 6.45) is -1.28. The topological polar surface area (TPSA) is 96.7 Å². The molecule has 0 saturated heterocycles. The van der Waals surface area contributed by atoms with Crippen molar-refractivity contribution >= 4 is 22.5 Å². The molecule has 0 fully saturated rings. The van der Waals surface area contributed by atoms with Crippen LogP contribution in [0.4, 0.5) is 23.2 Å². The molecule has 2 aromatic heterocycles. The summed E-state index contributed by atoms with van der Waals surface area (Å²) in [4.78, 5) is 17.1. The number of fused-ring (bicyclic) bond motifs is 1. The van der Waals surface area contributed by atoms with Crippen LogP contribution in [0.5, 0.6) is 28.7 Å². The van der Waals surface area contributed by atoms with Crippen molar-refractivity contribution in [3.8, 4) is 28.7 Å². The molecule has 4 aromatic rings. The normalized spacial score (nSPS) is 11.4. The van der Waals surface area contributed by atoms with E-state index >= 15 is 0 Å². The van der Waals surface area contributed by atoms with Crippen molar-refractivity contribution in [3.63, 3.8) is 0 Å². The molecule has 0 spiro atoms. The van der Waals surface area contributed by atoms with Crippen LogP contribution in [0.2, 0.25) is 0 Å². The fourth-order valence-electron chi connectivity index (χ4n) is 3.67. The molecule has 206 valence electrons. The molecule has 1 amide bonds. The second-order valence-corrected chi connectivity index (χ2v) is 8.24. The number of amides is 1. The van der Waals surface area contributed by atoms with Crippen LogP contribution in [0.15, 0.2) is 48.8 Å². The first kappa shape index (κ1) is 27.5. The number of pyridine rings is 1. The molecule has 0 aliphatic rings. The Kier molecular flexibility index (Phi) is 8.07. The number of hydrogen-bond donors (Lipinski definition) is 1. The van der Waals surface area contributed by atoms with Crippen molar-refractivity contribution in [1.82, 2.24) is 14.8 Å². The Morgan fingerprint density at radius 3 is 2.44 bits per heavy atom. The van der Waals surface area contributed by atoms with Crippen LogP contribution >= 0.6 is 0 Å². The van der Waals surface area contributed by atoms with E-state index in [1.165, 1.54) is 43.4 Å². The van der Waals surface area contributed by atoms with Gasteiger partial charge in [-0.3, -0.25) is 14.5 Å². The number of hydrogen-bond acceptors (Lipinski definition) is 7. The minimum Gasteiger partial charge on any atom is -0.493 e. The number of anilines is 1. The zero-order chi connectivity index (χ0) is 28.2. The highest BCUT2D eigenvalue weighted by atomic mass is 19.4. The standard InChI is InChI=1S/C26H24F4N4O5/c1-4-9-34-13-23(38-14-26(28,29)30)24(33-34)25(35)32-18-6-5-15(10-17(18)27)39-20-7-8-31-19-12-22(37-3)21(36-2)11-16(19)20/h5-8,10-13H,4,9,14H2,1-3H3,(H,32,35). The van der Waals surface area contributed by atoms with E-state index in [0.29, 0.717) is 41.1 Å². The maximum absolute atomic E-state index is 14.9. The van der Waals surface area contributed by atoms with Gasteiger partial charge in [0.15, 0.2) is 29.5 Å². The molecule has 0 unspecified atom stereocenters. The van der Waals surface area contributed by atoms with Crippen LogP contribution in [-0.2, 0) is 6.54 Å². The molecule has 4 rings (SSSR count). The van der Waals surface area contributed by atoms with Gasteiger partial charge in [0.25, 0.3) is 5.91 Å². The molecule has 13 heteroatoms. The van der Waals surface area contributed by atoms with Crippen molar-refractivity contribution in [2.24, 2.45) is 0 Å². The Morgan fingerprint density at radius 2 is 1.77 bits per heavy atom. The van der Waals surface area contributed by atoms with Crippen molar-refractivity contribution in [1.29, 1.82) is 0 Å². The largest absolute Gasteiger partial charge is 0.493 e. The van der Waals surface area contributed by atoms with Gasteiger partial charge in [0.2, 0.25) is 0 Å². The number of nitrogens with zero attached hydrogens (tertiary/aromatic N) is 3. The Bertz CT molecular complexity index is 1490. The molecular weight excluding hydrogens is 524 g/mol. The summed E-state index contributed by atoms with van der Waals surface area (Å²) in [5.74, 6) is -0.728. The van der Waals surface area contributed by atoms with E-state index in [9.17, 15) is 22.4 Å². The molecule has 39 heavy (non-hydrogen) atoms. The van der Waals surface area contributed by atoms with Crippen molar-refractivity contribution in [2.45, 2.75) is 26.1 Å². The third kappa shape index (κ3) is 6.48. The minimum atomic E-state index is -4.61. The summed E-state index contributed by atoms with van der Waals surface area (Å²) in [5.41, 5.74) is -0.0780. The lowest BCUT2D eigenvalue weighted by atomic mass is 10.2. The molecule has 0 aliphatic heterocycles. The number of aromatic nitrogens is 3. The van der Waals surface area contributed by atoms with E-state index in [1.807, 2.05) is 6.92 Å². The van der Waals surface area contributed by atoms with Gasteiger partial charge in [-0.25, -0.2) is 4.39 Å². The average molecular weight is 548 g/mol. The van der Waals surface area contributed by atoms with E-state index < -0.39 is 30.2 Å². The minimum absolute atomic E-state index is 0.120. The Hall–Kier alpha value is -4.55. The summed E-state index contributed by atoms with van der Waals surface area (Å²) in [7, 11) is 2.99. The van der Waals surface area contributed by atoms with Gasteiger partial charge in [0, 0.05) is 30.3 Å². The lowest BCUT2D eigenvalue weighted by molar-refractivity contribution is -0.153. The van der Waals surface area contributed by atoms with E-state index in [4.69, 9.17) is 18.9 Å². The van der Waals surface area contributed by atoms with Crippen LogP contribution < -0.4 is 24.3 Å². The van der Waals surface area contributed by atoms with E-state index in [-0.39, 0.29) is 17.2 Å². The summed E-state index contributed by atoms with van der Waals surface area (Å²) in [6.45, 7) is 0.574. The summed E-state index contributed by atoms with van der Waals surface area (Å²) < 4.78 is 75.4. The zero-order valence-corrected chi connectivity index (χ0v) is 21.1. The second kappa shape index (κ2) is 11.5. The lowest BCUT2D eigenvalue weighted by Gasteiger charge is -2.13. The third-order valence-electron chi connectivity index (χ3n) is 5.41. The predicted octanol–water partition coefficient (Wildman–Crippen LogP) is 5.98. The number of rotatable bonds is 10. The number of nitrogens with one attached hydrogen (secondary N) is 1. The fraction of sp³-hybridized carbons (Fsp3) is 0.269. The van der Waals surface area contributed by atoms with Crippen molar-refractivity contribution in [3.05, 3.63) is 60.3 Å². The van der Waals surface area contributed by atoms with Crippen LogP contribution in [0.25, 0.3) is 10.9 Å². The van der Waals surface area contributed by atoms with Crippen molar-refractivity contribution in [2.75, 3.05) is 26.1 Å². The van der Waals surface area contributed by atoms with Gasteiger partial charge >= 0.3 is 6.18 Å².